The van der Waals surface area contributed by atoms with Gasteiger partial charge in [-0.05, 0) is 44.7 Å². The number of Topliss-reactive ketones (excluding diaryl/α,β-unsaturated/α-hetero) is 1. The van der Waals surface area contributed by atoms with Gasteiger partial charge in [-0.1, -0.05) is 6.07 Å². The average Bonchev–Trinajstić information content (AvgIpc) is 3.64. The zero-order valence-electron chi connectivity index (χ0n) is 20.8. The van der Waals surface area contributed by atoms with Gasteiger partial charge >= 0.3 is 0 Å². The summed E-state index contributed by atoms with van der Waals surface area (Å²) < 4.78 is 15.5. The molecule has 2 aliphatic rings. The minimum Gasteiger partial charge on any atom is -0.387 e. The number of fused-ring (bicyclic) bond motifs is 3. The predicted octanol–water partition coefficient (Wildman–Crippen LogP) is 2.60. The molecule has 2 saturated heterocycles. The third kappa shape index (κ3) is 3.83. The summed E-state index contributed by atoms with van der Waals surface area (Å²) in [6.45, 7) is 0.257. The predicted molar refractivity (Wildman–Crippen MR) is 136 cm³/mol. The molecule has 12 heteroatoms. The summed E-state index contributed by atoms with van der Waals surface area (Å²) in [5.74, 6) is -0.276. The topological polar surface area (TPSA) is 145 Å². The Morgan fingerprint density at radius 1 is 1.13 bits per heavy atom. The lowest BCUT2D eigenvalue weighted by molar-refractivity contribution is -0.138. The summed E-state index contributed by atoms with van der Waals surface area (Å²) in [4.78, 5) is 36.3. The number of pyridine rings is 1. The van der Waals surface area contributed by atoms with Gasteiger partial charge in [-0.3, -0.25) is 14.6 Å². The molecular formula is C26H27FN8O3. The van der Waals surface area contributed by atoms with E-state index in [0.717, 1.165) is 18.4 Å². The second-order valence-corrected chi connectivity index (χ2v) is 9.91. The molecule has 2 bridgehead atoms. The average molecular weight is 519 g/mol. The van der Waals surface area contributed by atoms with Crippen LogP contribution < -0.4 is 5.73 Å². The summed E-state index contributed by atoms with van der Waals surface area (Å²) in [6, 6.07) is 5.35. The number of hydrogen-bond acceptors (Lipinski definition) is 8. The number of amides is 1. The lowest BCUT2D eigenvalue weighted by atomic mass is 9.85. The molecule has 3 N–H and O–H groups in total. The van der Waals surface area contributed by atoms with E-state index in [-0.39, 0.29) is 35.5 Å². The number of nitrogen functional groups attached to an aromatic ring is 1. The highest BCUT2D eigenvalue weighted by Gasteiger charge is 2.44. The highest BCUT2D eigenvalue weighted by Crippen LogP contribution is 2.44. The Balaban J connectivity index is 1.39. The number of carbonyl (C=O) groups is 2. The number of nitrogens with zero attached hydrogens (tertiary/aromatic N) is 7. The maximum Gasteiger partial charge on any atom is 0.248 e. The Labute approximate surface area is 217 Å². The van der Waals surface area contributed by atoms with Crippen LogP contribution in [0.2, 0.25) is 0 Å². The Morgan fingerprint density at radius 2 is 1.89 bits per heavy atom. The monoisotopic (exact) mass is 518 g/mol. The fourth-order valence-corrected chi connectivity index (χ4v) is 6.05. The van der Waals surface area contributed by atoms with Crippen LogP contribution in [-0.2, 0) is 11.6 Å². The number of hydrogen-bond donors (Lipinski definition) is 2. The molecule has 6 heterocycles. The van der Waals surface area contributed by atoms with E-state index in [0.29, 0.717) is 46.7 Å². The molecule has 0 aliphatic carbocycles. The van der Waals surface area contributed by atoms with E-state index in [2.05, 4.69) is 15.2 Å². The zero-order chi connectivity index (χ0) is 26.6. The Kier molecular flexibility index (Phi) is 5.90. The SMILES string of the molecule is CC(=O)c1c(C2CC3CCC(C2)N3C(=O)CO)nc2c(-c3ccc(-c4ccn(CF)n4)nc3)cnn2c1N. The van der Waals surface area contributed by atoms with Crippen molar-refractivity contribution in [1.82, 2.24) is 34.3 Å². The molecule has 0 spiro atoms. The maximum atomic E-state index is 12.9. The quantitative estimate of drug-likeness (QED) is 0.371. The first-order chi connectivity index (χ1) is 18.4. The fraction of sp³-hybridized carbons (Fsp3) is 0.385. The van der Waals surface area contributed by atoms with Crippen LogP contribution in [0, 0.1) is 0 Å². The van der Waals surface area contributed by atoms with E-state index in [9.17, 15) is 19.1 Å². The van der Waals surface area contributed by atoms with Gasteiger partial charge in [-0.15, -0.1) is 0 Å². The first-order valence-corrected chi connectivity index (χ1v) is 12.6. The van der Waals surface area contributed by atoms with Gasteiger partial charge in [0, 0.05) is 41.5 Å². The van der Waals surface area contributed by atoms with Crippen molar-refractivity contribution in [2.75, 3.05) is 12.3 Å². The van der Waals surface area contributed by atoms with E-state index >= 15 is 0 Å². The van der Waals surface area contributed by atoms with Gasteiger partial charge < -0.3 is 15.7 Å². The molecule has 1 amide bonds. The molecule has 2 fully saturated rings. The number of nitrogens with two attached hydrogens (primary N) is 1. The molecule has 2 aliphatic heterocycles. The van der Waals surface area contributed by atoms with E-state index < -0.39 is 13.4 Å². The van der Waals surface area contributed by atoms with E-state index in [4.69, 9.17) is 10.7 Å². The van der Waals surface area contributed by atoms with Gasteiger partial charge in [0.25, 0.3) is 0 Å². The van der Waals surface area contributed by atoms with Gasteiger partial charge in [0.1, 0.15) is 18.1 Å². The van der Waals surface area contributed by atoms with Crippen LogP contribution in [0.1, 0.15) is 54.6 Å². The second kappa shape index (κ2) is 9.28. The van der Waals surface area contributed by atoms with Crippen molar-refractivity contribution in [3.63, 3.8) is 0 Å². The minimum absolute atomic E-state index is 0.000504. The lowest BCUT2D eigenvalue weighted by Gasteiger charge is -2.39. The van der Waals surface area contributed by atoms with Crippen LogP contribution in [0.15, 0.2) is 36.8 Å². The van der Waals surface area contributed by atoms with Crippen LogP contribution >= 0.6 is 0 Å². The first-order valence-electron chi connectivity index (χ1n) is 12.6. The van der Waals surface area contributed by atoms with Gasteiger partial charge in [-0.25, -0.2) is 14.1 Å². The molecule has 196 valence electrons. The van der Waals surface area contributed by atoms with Gasteiger partial charge in [-0.2, -0.15) is 14.7 Å². The Morgan fingerprint density at radius 3 is 2.50 bits per heavy atom. The molecule has 2 unspecified atom stereocenters. The molecular weight excluding hydrogens is 491 g/mol. The standard InChI is InChI=1S/C26H27FN8O3/c1-14(37)23-24(16-8-17-3-4-18(9-16)34(17)22(38)12-36)31-26-19(11-30-35(26)25(23)28)15-2-5-20(29-10-15)21-6-7-33(13-27)32-21/h2,5-7,10-11,16-18,36H,3-4,8-9,12-13,28H2,1H3. The fourth-order valence-electron chi connectivity index (χ4n) is 6.05. The summed E-state index contributed by atoms with van der Waals surface area (Å²) in [5, 5.41) is 18.0. The molecule has 4 aromatic rings. The van der Waals surface area contributed by atoms with Crippen molar-refractivity contribution in [3.8, 4) is 22.5 Å². The van der Waals surface area contributed by atoms with Crippen LogP contribution in [-0.4, -0.2) is 69.7 Å². The van der Waals surface area contributed by atoms with E-state index in [1.54, 1.807) is 35.6 Å². The number of carbonyl (C=O) groups excluding carboxylic acids is 2. The number of aliphatic hydroxyl groups is 1. The second-order valence-electron chi connectivity index (χ2n) is 9.91. The number of alkyl halides is 1. The number of aliphatic hydroxyl groups excluding tert-OH is 1. The van der Waals surface area contributed by atoms with Gasteiger partial charge in [0.05, 0.1) is 23.1 Å². The molecule has 2 atom stereocenters. The summed E-state index contributed by atoms with van der Waals surface area (Å²) in [7, 11) is 0. The van der Waals surface area contributed by atoms with E-state index in [1.165, 1.54) is 16.1 Å². The normalized spacial score (nSPS) is 20.8. The van der Waals surface area contributed by atoms with Crippen molar-refractivity contribution in [1.29, 1.82) is 0 Å². The van der Waals surface area contributed by atoms with Crippen LogP contribution in [0.4, 0.5) is 10.2 Å². The summed E-state index contributed by atoms with van der Waals surface area (Å²) >= 11 is 0. The van der Waals surface area contributed by atoms with E-state index in [1.807, 2.05) is 6.07 Å². The van der Waals surface area contributed by atoms with Crippen LogP contribution in [0.25, 0.3) is 28.2 Å². The Bertz CT molecular complexity index is 1530. The summed E-state index contributed by atoms with van der Waals surface area (Å²) in [5.41, 5.74) is 10.6. The first kappa shape index (κ1) is 24.2. The van der Waals surface area contributed by atoms with Crippen LogP contribution in [0.5, 0.6) is 0 Å². The molecule has 6 rings (SSSR count). The van der Waals surface area contributed by atoms with Crippen LogP contribution in [0.3, 0.4) is 0 Å². The third-order valence-corrected chi connectivity index (χ3v) is 7.71. The van der Waals surface area contributed by atoms with Gasteiger partial charge in [0.2, 0.25) is 5.91 Å². The molecule has 11 nitrogen and oxygen atoms in total. The third-order valence-electron chi connectivity index (χ3n) is 7.71. The molecule has 0 saturated carbocycles. The number of piperidine rings is 1. The van der Waals surface area contributed by atoms with Crippen molar-refractivity contribution in [2.24, 2.45) is 0 Å². The molecule has 4 aromatic heterocycles. The highest BCUT2D eigenvalue weighted by atomic mass is 19.1. The van der Waals surface area contributed by atoms with Gasteiger partial charge in [0.15, 0.2) is 18.2 Å². The zero-order valence-corrected chi connectivity index (χ0v) is 20.8. The number of halogens is 1. The lowest BCUT2D eigenvalue weighted by Crippen LogP contribution is -2.47. The van der Waals surface area contributed by atoms with Crippen molar-refractivity contribution in [2.45, 2.75) is 57.4 Å². The number of rotatable bonds is 6. The van der Waals surface area contributed by atoms with Crippen molar-refractivity contribution in [3.05, 3.63) is 48.0 Å². The minimum atomic E-state index is -0.712. The molecule has 0 radical (unpaired) electrons. The smallest absolute Gasteiger partial charge is 0.248 e. The largest absolute Gasteiger partial charge is 0.387 e. The maximum absolute atomic E-state index is 12.9. The number of ketones is 1. The number of anilines is 1. The van der Waals surface area contributed by atoms with Crippen molar-refractivity contribution >= 4 is 23.2 Å². The molecule has 38 heavy (non-hydrogen) atoms. The summed E-state index contributed by atoms with van der Waals surface area (Å²) in [6.07, 6.45) is 7.89. The van der Waals surface area contributed by atoms with Crippen molar-refractivity contribution < 1.29 is 19.1 Å². The highest BCUT2D eigenvalue weighted by molar-refractivity contribution is 6.00. The number of aromatic nitrogens is 6. The Hall–Kier alpha value is -4.19. The molecule has 0 aromatic carbocycles.